The van der Waals surface area contributed by atoms with Gasteiger partial charge in [-0.1, -0.05) is 30.1 Å². The van der Waals surface area contributed by atoms with Gasteiger partial charge in [0.15, 0.2) is 5.65 Å². The van der Waals surface area contributed by atoms with Gasteiger partial charge in [0.25, 0.3) is 6.43 Å². The molecule has 0 amide bonds. The lowest BCUT2D eigenvalue weighted by Gasteiger charge is -2.11. The van der Waals surface area contributed by atoms with Crippen molar-refractivity contribution in [1.29, 1.82) is 0 Å². The monoisotopic (exact) mass is 412 g/mol. The molecular weight excluding hydrogens is 394 g/mol. The van der Waals surface area contributed by atoms with Crippen LogP contribution < -0.4 is 4.72 Å². The van der Waals surface area contributed by atoms with Gasteiger partial charge in [-0.2, -0.15) is 5.10 Å². The highest BCUT2D eigenvalue weighted by Crippen LogP contribution is 2.28. The molecule has 0 bridgehead atoms. The van der Waals surface area contributed by atoms with E-state index in [9.17, 15) is 8.78 Å². The number of aromatic nitrogens is 5. The molecule has 6 nitrogen and oxygen atoms in total. The van der Waals surface area contributed by atoms with Crippen molar-refractivity contribution < 1.29 is 8.78 Å². The van der Waals surface area contributed by atoms with Crippen molar-refractivity contribution in [2.45, 2.75) is 19.9 Å². The number of rotatable bonds is 6. The van der Waals surface area contributed by atoms with Gasteiger partial charge in [0, 0.05) is 12.1 Å². The number of hydrogen-bond acceptors (Lipinski definition) is 6. The highest BCUT2D eigenvalue weighted by atomic mass is 32.2. The lowest BCUT2D eigenvalue weighted by atomic mass is 9.99. The van der Waals surface area contributed by atoms with Gasteiger partial charge in [0.1, 0.15) is 17.7 Å². The Morgan fingerprint density at radius 2 is 1.93 bits per heavy atom. The minimum absolute atomic E-state index is 0.309. The molecule has 0 radical (unpaired) electrons. The standard InChI is InChI=1S/C20H18F2N6S/c1-12-13(9-26-29-2)4-3-5-14(12)16-8-17(25-11-24-16)18-10-23-19-7-6-15(20(21)22)27-28(18)19/h3-8,10-11,20,26H,9H2,1-2H3. The maximum absolute atomic E-state index is 13.1. The Morgan fingerprint density at radius 3 is 2.72 bits per heavy atom. The van der Waals surface area contributed by atoms with Crippen molar-refractivity contribution in [3.05, 3.63) is 65.7 Å². The van der Waals surface area contributed by atoms with Gasteiger partial charge < -0.3 is 0 Å². The molecule has 0 aliphatic carbocycles. The number of imidazole rings is 1. The molecule has 3 aromatic heterocycles. The summed E-state index contributed by atoms with van der Waals surface area (Å²) >= 11 is 1.57. The second-order valence-electron chi connectivity index (χ2n) is 6.38. The van der Waals surface area contributed by atoms with Gasteiger partial charge in [-0.05, 0) is 42.5 Å². The van der Waals surface area contributed by atoms with Crippen LogP contribution in [0.3, 0.4) is 0 Å². The van der Waals surface area contributed by atoms with Crippen LogP contribution in [0.5, 0.6) is 0 Å². The van der Waals surface area contributed by atoms with E-state index in [1.54, 1.807) is 18.1 Å². The molecule has 3 heterocycles. The second-order valence-corrected chi connectivity index (χ2v) is 7.07. The summed E-state index contributed by atoms with van der Waals surface area (Å²) in [7, 11) is 0. The zero-order chi connectivity index (χ0) is 20.4. The quantitative estimate of drug-likeness (QED) is 0.472. The van der Waals surface area contributed by atoms with E-state index in [-0.39, 0.29) is 5.69 Å². The number of alkyl halides is 2. The third-order valence-corrected chi connectivity index (χ3v) is 5.10. The highest BCUT2D eigenvalue weighted by molar-refractivity contribution is 7.96. The Morgan fingerprint density at radius 1 is 1.10 bits per heavy atom. The third kappa shape index (κ3) is 3.83. The number of nitrogens with zero attached hydrogens (tertiary/aromatic N) is 5. The molecule has 29 heavy (non-hydrogen) atoms. The molecular formula is C20H18F2N6S. The summed E-state index contributed by atoms with van der Waals surface area (Å²) in [6, 6.07) is 10.7. The summed E-state index contributed by atoms with van der Waals surface area (Å²) in [6.45, 7) is 2.80. The minimum Gasteiger partial charge on any atom is -0.260 e. The third-order valence-electron chi connectivity index (χ3n) is 4.66. The molecule has 0 atom stereocenters. The molecule has 0 aliphatic rings. The molecule has 0 saturated heterocycles. The normalized spacial score (nSPS) is 11.5. The molecule has 4 aromatic rings. The summed E-state index contributed by atoms with van der Waals surface area (Å²) in [4.78, 5) is 13.0. The molecule has 0 fully saturated rings. The first kappa shape index (κ1) is 19.4. The van der Waals surface area contributed by atoms with Crippen LogP contribution in [-0.2, 0) is 6.54 Å². The summed E-state index contributed by atoms with van der Waals surface area (Å²) in [6.07, 6.45) is 2.37. The van der Waals surface area contributed by atoms with E-state index >= 15 is 0 Å². The van der Waals surface area contributed by atoms with Crippen molar-refractivity contribution in [2.75, 3.05) is 6.26 Å². The number of benzene rings is 1. The van der Waals surface area contributed by atoms with E-state index in [0.29, 0.717) is 17.0 Å². The Bertz CT molecular complexity index is 1160. The fraction of sp³-hybridized carbons (Fsp3) is 0.200. The van der Waals surface area contributed by atoms with Crippen LogP contribution in [0.2, 0.25) is 0 Å². The fourth-order valence-corrected chi connectivity index (χ4v) is 3.43. The molecule has 0 spiro atoms. The van der Waals surface area contributed by atoms with Gasteiger partial charge in [0.2, 0.25) is 0 Å². The zero-order valence-corrected chi connectivity index (χ0v) is 16.6. The summed E-state index contributed by atoms with van der Waals surface area (Å²) < 4.78 is 30.8. The van der Waals surface area contributed by atoms with E-state index in [0.717, 1.165) is 23.4 Å². The maximum Gasteiger partial charge on any atom is 0.282 e. The number of fused-ring (bicyclic) bond motifs is 1. The summed E-state index contributed by atoms with van der Waals surface area (Å²) in [5, 5.41) is 4.01. The Hall–Kier alpha value is -2.91. The Kier molecular flexibility index (Phi) is 5.50. The smallest absolute Gasteiger partial charge is 0.260 e. The van der Waals surface area contributed by atoms with Gasteiger partial charge >= 0.3 is 0 Å². The van der Waals surface area contributed by atoms with Crippen LogP contribution in [0.25, 0.3) is 28.3 Å². The van der Waals surface area contributed by atoms with E-state index in [4.69, 9.17) is 0 Å². The molecule has 148 valence electrons. The van der Waals surface area contributed by atoms with Crippen molar-refractivity contribution in [3.8, 4) is 22.6 Å². The molecule has 9 heteroatoms. The van der Waals surface area contributed by atoms with E-state index in [2.05, 4.69) is 37.8 Å². The lowest BCUT2D eigenvalue weighted by Crippen LogP contribution is -2.05. The lowest BCUT2D eigenvalue weighted by molar-refractivity contribution is 0.144. The summed E-state index contributed by atoms with van der Waals surface area (Å²) in [5.41, 5.74) is 5.30. The van der Waals surface area contributed by atoms with Gasteiger partial charge in [-0.3, -0.25) is 4.72 Å². The average Bonchev–Trinajstić information content (AvgIpc) is 3.16. The first-order valence-corrected chi connectivity index (χ1v) is 10.1. The first-order chi connectivity index (χ1) is 14.1. The number of halogens is 2. The molecule has 1 aromatic carbocycles. The minimum atomic E-state index is -2.66. The largest absolute Gasteiger partial charge is 0.282 e. The van der Waals surface area contributed by atoms with Gasteiger partial charge in [0.05, 0.1) is 17.6 Å². The number of nitrogens with one attached hydrogen (secondary N) is 1. The predicted molar refractivity (Wildman–Crippen MR) is 109 cm³/mol. The molecule has 0 unspecified atom stereocenters. The van der Waals surface area contributed by atoms with Crippen molar-refractivity contribution in [2.24, 2.45) is 0 Å². The first-order valence-electron chi connectivity index (χ1n) is 8.88. The van der Waals surface area contributed by atoms with Crippen molar-refractivity contribution >= 4 is 17.6 Å². The van der Waals surface area contributed by atoms with Crippen LogP contribution in [-0.4, -0.2) is 30.8 Å². The zero-order valence-electron chi connectivity index (χ0n) is 15.8. The van der Waals surface area contributed by atoms with Gasteiger partial charge in [-0.25, -0.2) is 28.2 Å². The van der Waals surface area contributed by atoms with Crippen LogP contribution in [0, 0.1) is 6.92 Å². The maximum atomic E-state index is 13.1. The summed E-state index contributed by atoms with van der Waals surface area (Å²) in [5.74, 6) is 0. The van der Waals surface area contributed by atoms with Crippen LogP contribution in [0.4, 0.5) is 8.78 Å². The molecule has 1 N–H and O–H groups in total. The molecule has 0 aliphatic heterocycles. The topological polar surface area (TPSA) is 68.0 Å². The second kappa shape index (κ2) is 8.22. The van der Waals surface area contributed by atoms with Crippen molar-refractivity contribution in [1.82, 2.24) is 29.3 Å². The SMILES string of the molecule is CSNCc1cccc(-c2cc(-c3cnc4ccc(C(F)F)nn34)ncn2)c1C. The van der Waals surface area contributed by atoms with Gasteiger partial charge in [-0.15, -0.1) is 0 Å². The average molecular weight is 412 g/mol. The Balaban J connectivity index is 1.77. The van der Waals surface area contributed by atoms with Crippen LogP contribution >= 0.6 is 11.9 Å². The van der Waals surface area contributed by atoms with E-state index in [1.165, 1.54) is 28.5 Å². The highest BCUT2D eigenvalue weighted by Gasteiger charge is 2.15. The predicted octanol–water partition coefficient (Wildman–Crippen LogP) is 4.47. The van der Waals surface area contributed by atoms with E-state index < -0.39 is 6.43 Å². The molecule has 4 rings (SSSR count). The number of hydrogen-bond donors (Lipinski definition) is 1. The Labute approximate surface area is 170 Å². The fourth-order valence-electron chi connectivity index (χ4n) is 3.13. The van der Waals surface area contributed by atoms with E-state index in [1.807, 2.05) is 24.5 Å². The molecule has 0 saturated carbocycles. The van der Waals surface area contributed by atoms with Crippen molar-refractivity contribution in [3.63, 3.8) is 0 Å². The van der Waals surface area contributed by atoms with Crippen LogP contribution in [0.1, 0.15) is 23.2 Å². The van der Waals surface area contributed by atoms with Crippen LogP contribution in [0.15, 0.2) is 48.9 Å².